The van der Waals surface area contributed by atoms with Gasteiger partial charge in [0.05, 0.1) is 5.38 Å². The molecule has 0 heterocycles. The maximum atomic E-state index is 11.1. The van der Waals surface area contributed by atoms with Crippen LogP contribution in [-0.2, 0) is 9.53 Å². The molecule has 0 aromatic rings. The van der Waals surface area contributed by atoms with E-state index in [0.717, 1.165) is 12.8 Å². The van der Waals surface area contributed by atoms with E-state index in [-0.39, 0.29) is 17.5 Å². The zero-order valence-corrected chi connectivity index (χ0v) is 13.0. The summed E-state index contributed by atoms with van der Waals surface area (Å²) in [6, 6.07) is 0. The predicted molar refractivity (Wildman–Crippen MR) is 85.6 cm³/mol. The number of carbonyl (C=O) groups excluding carboxylic acids is 1. The second kappa shape index (κ2) is 12.6. The number of hydrogen-bond donors (Lipinski definition) is 0. The fraction of sp³-hybridized carbons (Fsp3) is 0.471. The van der Waals surface area contributed by atoms with E-state index >= 15 is 0 Å². The van der Waals surface area contributed by atoms with Crippen molar-refractivity contribution in [2.45, 2.75) is 51.0 Å². The lowest BCUT2D eigenvalue weighted by Gasteiger charge is -2.19. The van der Waals surface area contributed by atoms with E-state index in [4.69, 9.17) is 22.8 Å². The van der Waals surface area contributed by atoms with Crippen LogP contribution in [0.1, 0.15) is 39.5 Å². The Morgan fingerprint density at radius 3 is 2.55 bits per heavy atom. The third-order valence-electron chi connectivity index (χ3n) is 2.51. The molecule has 0 aromatic carbocycles. The molecule has 0 aliphatic carbocycles. The van der Waals surface area contributed by atoms with Crippen molar-refractivity contribution in [1.82, 2.24) is 0 Å². The molecule has 0 fully saturated rings. The van der Waals surface area contributed by atoms with E-state index in [1.807, 2.05) is 6.08 Å². The normalized spacial score (nSPS) is 14.7. The van der Waals surface area contributed by atoms with Crippen LogP contribution in [0.15, 0.2) is 36.5 Å². The van der Waals surface area contributed by atoms with Crippen LogP contribution in [0.25, 0.3) is 0 Å². The first-order valence-corrected chi connectivity index (χ1v) is 7.27. The summed E-state index contributed by atoms with van der Waals surface area (Å²) in [6.45, 7) is 3.48. The fourth-order valence-corrected chi connectivity index (χ4v) is 1.83. The van der Waals surface area contributed by atoms with Gasteiger partial charge in [-0.2, -0.15) is 0 Å². The van der Waals surface area contributed by atoms with Crippen LogP contribution < -0.4 is 0 Å². The highest BCUT2D eigenvalue weighted by molar-refractivity contribution is 6.21. The van der Waals surface area contributed by atoms with Crippen molar-refractivity contribution < 1.29 is 9.53 Å². The van der Waals surface area contributed by atoms with Crippen LogP contribution >= 0.6 is 11.6 Å². The minimum absolute atomic E-state index is 0.257. The summed E-state index contributed by atoms with van der Waals surface area (Å²) in [7, 11) is 0. The molecule has 0 saturated carbocycles. The molecule has 0 rings (SSSR count). The van der Waals surface area contributed by atoms with Crippen molar-refractivity contribution in [1.29, 1.82) is 0 Å². The molecule has 0 saturated heterocycles. The van der Waals surface area contributed by atoms with Gasteiger partial charge in [0.15, 0.2) is 0 Å². The molecular weight excluding hydrogens is 272 g/mol. The van der Waals surface area contributed by atoms with E-state index in [9.17, 15) is 4.79 Å². The van der Waals surface area contributed by atoms with Gasteiger partial charge in [-0.3, -0.25) is 4.79 Å². The SMILES string of the molecule is C#C/C=C/CC(OC(C)=O)C(Cl)C/C=C\C/C=C\CC. The maximum absolute atomic E-state index is 11.1. The minimum atomic E-state index is -0.352. The van der Waals surface area contributed by atoms with Crippen molar-refractivity contribution in [3.8, 4) is 12.3 Å². The Balaban J connectivity index is 4.28. The first kappa shape index (κ1) is 18.5. The molecule has 0 spiro atoms. The van der Waals surface area contributed by atoms with Gasteiger partial charge in [0.25, 0.3) is 0 Å². The number of hydrogen-bond acceptors (Lipinski definition) is 2. The van der Waals surface area contributed by atoms with Crippen LogP contribution in [-0.4, -0.2) is 17.5 Å². The van der Waals surface area contributed by atoms with Gasteiger partial charge in [-0.15, -0.1) is 18.0 Å². The zero-order chi connectivity index (χ0) is 15.2. The highest BCUT2D eigenvalue weighted by atomic mass is 35.5. The quantitative estimate of drug-likeness (QED) is 0.272. The number of rotatable bonds is 9. The molecule has 0 bridgehead atoms. The highest BCUT2D eigenvalue weighted by Gasteiger charge is 2.19. The van der Waals surface area contributed by atoms with Crippen LogP contribution in [0, 0.1) is 12.3 Å². The van der Waals surface area contributed by atoms with Gasteiger partial charge in [-0.25, -0.2) is 0 Å². The molecule has 2 unspecified atom stereocenters. The molecule has 0 radical (unpaired) electrons. The number of allylic oxidation sites excluding steroid dienone is 5. The van der Waals surface area contributed by atoms with Crippen LogP contribution in [0.3, 0.4) is 0 Å². The van der Waals surface area contributed by atoms with Gasteiger partial charge >= 0.3 is 5.97 Å². The second-order valence-corrected chi connectivity index (χ2v) is 4.85. The summed E-state index contributed by atoms with van der Waals surface area (Å²) < 4.78 is 5.22. The number of halogens is 1. The van der Waals surface area contributed by atoms with E-state index in [1.165, 1.54) is 6.92 Å². The Labute approximate surface area is 127 Å². The van der Waals surface area contributed by atoms with Gasteiger partial charge in [0.1, 0.15) is 6.10 Å². The third-order valence-corrected chi connectivity index (χ3v) is 2.96. The first-order valence-electron chi connectivity index (χ1n) is 6.84. The van der Waals surface area contributed by atoms with Crippen molar-refractivity contribution in [3.05, 3.63) is 36.5 Å². The highest BCUT2D eigenvalue weighted by Crippen LogP contribution is 2.16. The van der Waals surface area contributed by atoms with Crippen LogP contribution in [0.4, 0.5) is 0 Å². The van der Waals surface area contributed by atoms with Gasteiger partial charge in [-0.05, 0) is 25.3 Å². The molecule has 0 aliphatic heterocycles. The average Bonchev–Trinajstić information content (AvgIpc) is 2.41. The Kier molecular flexibility index (Phi) is 11.7. The lowest BCUT2D eigenvalue weighted by molar-refractivity contribution is -0.146. The van der Waals surface area contributed by atoms with Crippen molar-refractivity contribution in [2.24, 2.45) is 0 Å². The summed E-state index contributed by atoms with van der Waals surface area (Å²) in [4.78, 5) is 11.1. The topological polar surface area (TPSA) is 26.3 Å². The van der Waals surface area contributed by atoms with Crippen LogP contribution in [0.5, 0.6) is 0 Å². The van der Waals surface area contributed by atoms with Crippen molar-refractivity contribution in [2.75, 3.05) is 0 Å². The molecule has 20 heavy (non-hydrogen) atoms. The van der Waals surface area contributed by atoms with Crippen molar-refractivity contribution >= 4 is 17.6 Å². The van der Waals surface area contributed by atoms with Crippen molar-refractivity contribution in [3.63, 3.8) is 0 Å². The largest absolute Gasteiger partial charge is 0.461 e. The fourth-order valence-electron chi connectivity index (χ4n) is 1.57. The minimum Gasteiger partial charge on any atom is -0.461 e. The number of carbonyl (C=O) groups is 1. The molecule has 0 aromatic heterocycles. The molecule has 0 aliphatic rings. The molecule has 0 N–H and O–H groups in total. The molecule has 2 nitrogen and oxygen atoms in total. The maximum Gasteiger partial charge on any atom is 0.302 e. The predicted octanol–water partition coefficient (Wildman–Crippen LogP) is 4.41. The molecule has 3 heteroatoms. The number of terminal acetylenes is 1. The molecular formula is C17H23ClO2. The number of alkyl halides is 1. The smallest absolute Gasteiger partial charge is 0.302 e. The summed E-state index contributed by atoms with van der Waals surface area (Å²) in [6.07, 6.45) is 19.6. The van der Waals surface area contributed by atoms with Gasteiger partial charge in [0, 0.05) is 13.3 Å². The second-order valence-electron chi connectivity index (χ2n) is 4.29. The standard InChI is InChI=1S/C17H23ClO2/c1-4-6-8-9-10-12-13-16(18)17(20-15(3)19)14-11-7-5-2/h2,6-8,10-12,16-17H,4,9,13-14H2,1,3H3/b8-6-,11-7+,12-10-. The van der Waals surface area contributed by atoms with Gasteiger partial charge in [0.2, 0.25) is 0 Å². The van der Waals surface area contributed by atoms with E-state index in [1.54, 1.807) is 12.2 Å². The summed E-state index contributed by atoms with van der Waals surface area (Å²) in [5, 5.41) is -0.257. The lowest BCUT2D eigenvalue weighted by atomic mass is 10.1. The summed E-state index contributed by atoms with van der Waals surface area (Å²) >= 11 is 6.28. The average molecular weight is 295 g/mol. The van der Waals surface area contributed by atoms with Gasteiger partial charge in [-0.1, -0.05) is 43.2 Å². The Bertz CT molecular complexity index is 388. The first-order chi connectivity index (χ1) is 9.61. The molecule has 110 valence electrons. The lowest BCUT2D eigenvalue weighted by Crippen LogP contribution is -2.26. The summed E-state index contributed by atoms with van der Waals surface area (Å²) in [5.74, 6) is 2.07. The van der Waals surface area contributed by atoms with Crippen LogP contribution in [0.2, 0.25) is 0 Å². The van der Waals surface area contributed by atoms with Gasteiger partial charge < -0.3 is 4.74 Å². The Morgan fingerprint density at radius 1 is 1.25 bits per heavy atom. The number of esters is 1. The summed E-state index contributed by atoms with van der Waals surface area (Å²) in [5.41, 5.74) is 0. The van der Waals surface area contributed by atoms with E-state index in [2.05, 4.69) is 31.1 Å². The molecule has 0 amide bonds. The monoisotopic (exact) mass is 294 g/mol. The number of ether oxygens (including phenoxy) is 1. The zero-order valence-electron chi connectivity index (χ0n) is 12.2. The Morgan fingerprint density at radius 2 is 1.95 bits per heavy atom. The van der Waals surface area contributed by atoms with E-state index in [0.29, 0.717) is 12.8 Å². The Hall–Kier alpha value is -1.46. The molecule has 2 atom stereocenters. The third kappa shape index (κ3) is 10.5. The van der Waals surface area contributed by atoms with E-state index < -0.39 is 0 Å².